The lowest BCUT2D eigenvalue weighted by Gasteiger charge is -2.11. The molecule has 0 atom stereocenters. The Hall–Kier alpha value is -2.85. The van der Waals surface area contributed by atoms with E-state index in [1.54, 1.807) is 11.8 Å². The third kappa shape index (κ3) is 4.34. The van der Waals surface area contributed by atoms with E-state index in [-0.39, 0.29) is 0 Å². The lowest BCUT2D eigenvalue weighted by molar-refractivity contribution is 0.846. The van der Waals surface area contributed by atoms with Gasteiger partial charge in [0.05, 0.1) is 0 Å². The van der Waals surface area contributed by atoms with E-state index in [4.69, 9.17) is 0 Å². The average Bonchev–Trinajstić information content (AvgIpc) is 3.11. The van der Waals surface area contributed by atoms with Gasteiger partial charge in [-0.3, -0.25) is 4.57 Å². The molecule has 0 amide bonds. The van der Waals surface area contributed by atoms with Crippen molar-refractivity contribution < 1.29 is 0 Å². The minimum Gasteiger partial charge on any atom is -0.274 e. The first-order chi connectivity index (χ1) is 13.7. The highest BCUT2D eigenvalue weighted by Crippen LogP contribution is 2.26. The van der Waals surface area contributed by atoms with E-state index in [9.17, 15) is 0 Å². The Morgan fingerprint density at radius 2 is 1.54 bits per heavy atom. The molecule has 3 aromatic carbocycles. The van der Waals surface area contributed by atoms with Gasteiger partial charge in [0.25, 0.3) is 0 Å². The highest BCUT2D eigenvalue weighted by molar-refractivity contribution is 7.98. The van der Waals surface area contributed by atoms with Crippen LogP contribution in [0.4, 0.5) is 0 Å². The first-order valence-electron chi connectivity index (χ1n) is 9.42. The smallest absolute Gasteiger partial charge is 0.196 e. The zero-order chi connectivity index (χ0) is 19.3. The van der Waals surface area contributed by atoms with Crippen molar-refractivity contribution in [2.75, 3.05) is 0 Å². The van der Waals surface area contributed by atoms with Crippen LogP contribution in [0.15, 0.2) is 84.0 Å². The van der Waals surface area contributed by atoms with Gasteiger partial charge >= 0.3 is 0 Å². The van der Waals surface area contributed by atoms with E-state index in [2.05, 4.69) is 101 Å². The monoisotopic (exact) mass is 385 g/mol. The number of aryl methyl sites for hydroxylation is 2. The van der Waals surface area contributed by atoms with Gasteiger partial charge in [0.1, 0.15) is 5.82 Å². The minimum absolute atomic E-state index is 0.757. The van der Waals surface area contributed by atoms with Crippen LogP contribution in [0.2, 0.25) is 0 Å². The summed E-state index contributed by atoms with van der Waals surface area (Å²) in [7, 11) is 0. The Balaban J connectivity index is 1.66. The normalized spacial score (nSPS) is 10.9. The molecule has 3 nitrogen and oxygen atoms in total. The fourth-order valence-electron chi connectivity index (χ4n) is 3.15. The quantitative estimate of drug-likeness (QED) is 0.395. The number of benzene rings is 3. The number of aromatic nitrogens is 3. The zero-order valence-corrected chi connectivity index (χ0v) is 17.0. The molecule has 0 saturated heterocycles. The summed E-state index contributed by atoms with van der Waals surface area (Å²) in [5, 5.41) is 9.99. The Bertz CT molecular complexity index is 1050. The number of hydrogen-bond donors (Lipinski definition) is 0. The van der Waals surface area contributed by atoms with Crippen LogP contribution in [0.25, 0.3) is 5.69 Å². The molecule has 0 radical (unpaired) electrons. The summed E-state index contributed by atoms with van der Waals surface area (Å²) in [5.74, 6) is 1.83. The topological polar surface area (TPSA) is 30.7 Å². The average molecular weight is 386 g/mol. The molecule has 140 valence electrons. The SMILES string of the molecule is Cc1ccc(CSc2nnc(Cc3ccccc3)n2-c2cccc(C)c2)cc1. The molecule has 1 heterocycles. The van der Waals surface area contributed by atoms with Crippen molar-refractivity contribution in [3.63, 3.8) is 0 Å². The van der Waals surface area contributed by atoms with Crippen LogP contribution >= 0.6 is 11.8 Å². The molecule has 0 N–H and O–H groups in total. The molecule has 4 aromatic rings. The summed E-state index contributed by atoms with van der Waals surface area (Å²) in [6.45, 7) is 4.23. The molecule has 0 spiro atoms. The third-order valence-electron chi connectivity index (χ3n) is 4.65. The molecule has 0 aliphatic rings. The van der Waals surface area contributed by atoms with Crippen molar-refractivity contribution in [1.82, 2.24) is 14.8 Å². The molecular weight excluding hydrogens is 362 g/mol. The van der Waals surface area contributed by atoms with Crippen LogP contribution in [0.3, 0.4) is 0 Å². The fraction of sp³-hybridized carbons (Fsp3) is 0.167. The van der Waals surface area contributed by atoms with Gasteiger partial charge in [-0.25, -0.2) is 0 Å². The maximum Gasteiger partial charge on any atom is 0.196 e. The standard InChI is InChI=1S/C24H23N3S/c1-18-11-13-21(14-12-18)17-28-24-26-25-23(16-20-8-4-3-5-9-20)27(24)22-10-6-7-19(2)15-22/h3-15H,16-17H2,1-2H3. The van der Waals surface area contributed by atoms with Crippen molar-refractivity contribution in [1.29, 1.82) is 0 Å². The van der Waals surface area contributed by atoms with E-state index in [1.165, 1.54) is 22.3 Å². The number of rotatable bonds is 6. The summed E-state index contributed by atoms with van der Waals surface area (Å²) >= 11 is 1.73. The van der Waals surface area contributed by atoms with E-state index in [1.807, 2.05) is 6.07 Å². The Morgan fingerprint density at radius 3 is 2.29 bits per heavy atom. The number of nitrogens with zero attached hydrogens (tertiary/aromatic N) is 3. The number of hydrogen-bond acceptors (Lipinski definition) is 3. The van der Waals surface area contributed by atoms with Crippen molar-refractivity contribution in [2.24, 2.45) is 0 Å². The predicted octanol–water partition coefficient (Wildman–Crippen LogP) is 5.77. The lowest BCUT2D eigenvalue weighted by Crippen LogP contribution is -2.04. The maximum atomic E-state index is 4.54. The van der Waals surface area contributed by atoms with Crippen molar-refractivity contribution in [3.05, 3.63) is 107 Å². The lowest BCUT2D eigenvalue weighted by atomic mass is 10.1. The van der Waals surface area contributed by atoms with Crippen LogP contribution in [-0.2, 0) is 12.2 Å². The van der Waals surface area contributed by atoms with E-state index in [0.29, 0.717) is 0 Å². The van der Waals surface area contributed by atoms with Crippen LogP contribution in [-0.4, -0.2) is 14.8 Å². The second-order valence-corrected chi connectivity index (χ2v) is 7.95. The minimum atomic E-state index is 0.757. The fourth-order valence-corrected chi connectivity index (χ4v) is 4.07. The van der Waals surface area contributed by atoms with Gasteiger partial charge in [0.15, 0.2) is 5.16 Å². The van der Waals surface area contributed by atoms with Gasteiger partial charge < -0.3 is 0 Å². The second kappa shape index (κ2) is 8.44. The van der Waals surface area contributed by atoms with Crippen molar-refractivity contribution in [2.45, 2.75) is 31.2 Å². The first-order valence-corrected chi connectivity index (χ1v) is 10.4. The largest absolute Gasteiger partial charge is 0.274 e. The summed E-state index contributed by atoms with van der Waals surface area (Å²) in [6.07, 6.45) is 0.757. The summed E-state index contributed by atoms with van der Waals surface area (Å²) in [5.41, 5.74) is 6.15. The van der Waals surface area contributed by atoms with E-state index in [0.717, 1.165) is 28.8 Å². The molecular formula is C24H23N3S. The highest BCUT2D eigenvalue weighted by Gasteiger charge is 2.15. The summed E-state index contributed by atoms with van der Waals surface area (Å²) in [4.78, 5) is 0. The molecule has 4 rings (SSSR count). The highest BCUT2D eigenvalue weighted by atomic mass is 32.2. The van der Waals surface area contributed by atoms with Crippen LogP contribution < -0.4 is 0 Å². The van der Waals surface area contributed by atoms with E-state index >= 15 is 0 Å². The Kier molecular flexibility index (Phi) is 5.58. The van der Waals surface area contributed by atoms with Gasteiger partial charge in [0.2, 0.25) is 0 Å². The zero-order valence-electron chi connectivity index (χ0n) is 16.2. The first kappa shape index (κ1) is 18.5. The predicted molar refractivity (Wildman–Crippen MR) is 116 cm³/mol. The second-order valence-electron chi connectivity index (χ2n) is 7.01. The third-order valence-corrected chi connectivity index (χ3v) is 5.65. The molecule has 0 bridgehead atoms. The summed E-state index contributed by atoms with van der Waals surface area (Å²) < 4.78 is 2.19. The Morgan fingerprint density at radius 1 is 0.750 bits per heavy atom. The van der Waals surface area contributed by atoms with Gasteiger partial charge in [-0.2, -0.15) is 0 Å². The molecule has 0 fully saturated rings. The van der Waals surface area contributed by atoms with Gasteiger partial charge in [-0.05, 0) is 42.7 Å². The molecule has 0 aliphatic heterocycles. The molecule has 28 heavy (non-hydrogen) atoms. The molecule has 0 unspecified atom stereocenters. The number of thioether (sulfide) groups is 1. The molecule has 1 aromatic heterocycles. The van der Waals surface area contributed by atoms with Gasteiger partial charge in [-0.1, -0.05) is 84.1 Å². The summed E-state index contributed by atoms with van der Waals surface area (Å²) in [6, 6.07) is 27.6. The Labute approximate surface area is 170 Å². The maximum absolute atomic E-state index is 4.54. The molecule has 0 aliphatic carbocycles. The van der Waals surface area contributed by atoms with E-state index < -0.39 is 0 Å². The molecule has 4 heteroatoms. The van der Waals surface area contributed by atoms with Gasteiger partial charge in [0, 0.05) is 17.9 Å². The van der Waals surface area contributed by atoms with Crippen LogP contribution in [0, 0.1) is 13.8 Å². The molecule has 0 saturated carbocycles. The van der Waals surface area contributed by atoms with Crippen molar-refractivity contribution >= 4 is 11.8 Å². The van der Waals surface area contributed by atoms with Gasteiger partial charge in [-0.15, -0.1) is 10.2 Å². The van der Waals surface area contributed by atoms with Crippen LogP contribution in [0.1, 0.15) is 28.1 Å². The van der Waals surface area contributed by atoms with Crippen LogP contribution in [0.5, 0.6) is 0 Å². The van der Waals surface area contributed by atoms with Crippen molar-refractivity contribution in [3.8, 4) is 5.69 Å².